The van der Waals surface area contributed by atoms with E-state index in [9.17, 15) is 4.79 Å². The molecule has 0 aliphatic heterocycles. The van der Waals surface area contributed by atoms with Gasteiger partial charge in [-0.1, -0.05) is 25.7 Å². The summed E-state index contributed by atoms with van der Waals surface area (Å²) in [5.41, 5.74) is 0. The second-order valence-corrected chi connectivity index (χ2v) is 4.96. The molecule has 0 radical (unpaired) electrons. The maximum absolute atomic E-state index is 11.6. The second-order valence-electron chi connectivity index (χ2n) is 4.96. The van der Waals surface area contributed by atoms with E-state index in [0.717, 1.165) is 6.54 Å². The smallest absolute Gasteiger partial charge is 0.221 e. The van der Waals surface area contributed by atoms with Crippen LogP contribution in [0, 0.1) is 5.92 Å². The lowest BCUT2D eigenvalue weighted by atomic mass is 9.93. The number of hydrogen-bond donors (Lipinski definition) is 2. The summed E-state index contributed by atoms with van der Waals surface area (Å²) in [6, 6.07) is 0.349. The van der Waals surface area contributed by atoms with Gasteiger partial charge in [0.15, 0.2) is 0 Å². The van der Waals surface area contributed by atoms with Crippen LogP contribution in [0.25, 0.3) is 0 Å². The molecular formula is C13H26N2O. The Morgan fingerprint density at radius 1 is 1.25 bits per heavy atom. The summed E-state index contributed by atoms with van der Waals surface area (Å²) >= 11 is 0. The molecule has 1 rings (SSSR count). The number of carbonyl (C=O) groups is 1. The van der Waals surface area contributed by atoms with E-state index < -0.39 is 0 Å². The number of rotatable bonds is 5. The molecular weight excluding hydrogens is 200 g/mol. The van der Waals surface area contributed by atoms with Crippen LogP contribution >= 0.6 is 0 Å². The second kappa shape index (κ2) is 7.66. The lowest BCUT2D eigenvalue weighted by Crippen LogP contribution is -2.38. The summed E-state index contributed by atoms with van der Waals surface area (Å²) < 4.78 is 0. The van der Waals surface area contributed by atoms with Crippen molar-refractivity contribution in [2.45, 2.75) is 57.9 Å². The van der Waals surface area contributed by atoms with Crippen LogP contribution in [0.1, 0.15) is 51.9 Å². The Labute approximate surface area is 99.4 Å². The van der Waals surface area contributed by atoms with Gasteiger partial charge in [0.1, 0.15) is 0 Å². The standard InChI is InChI=1S/C13H26N2O/c1-11(15-13(16)9-10-14-2)12-7-5-3-4-6-8-12/h11-12,14H,3-10H2,1-2H3,(H,15,16)/t11-/m0/s1. The summed E-state index contributed by atoms with van der Waals surface area (Å²) in [5.74, 6) is 0.882. The van der Waals surface area contributed by atoms with Gasteiger partial charge in [0, 0.05) is 19.0 Å². The van der Waals surface area contributed by atoms with Crippen LogP contribution in [0.2, 0.25) is 0 Å². The van der Waals surface area contributed by atoms with Crippen molar-refractivity contribution in [1.29, 1.82) is 0 Å². The number of amides is 1. The Kier molecular flexibility index (Phi) is 6.46. The van der Waals surface area contributed by atoms with E-state index in [1.165, 1.54) is 38.5 Å². The van der Waals surface area contributed by atoms with Gasteiger partial charge < -0.3 is 10.6 Å². The SMILES string of the molecule is CNCCC(=O)N[C@@H](C)C1CCCCCC1. The third-order valence-electron chi connectivity index (χ3n) is 3.60. The number of carbonyl (C=O) groups excluding carboxylic acids is 1. The monoisotopic (exact) mass is 226 g/mol. The largest absolute Gasteiger partial charge is 0.353 e. The van der Waals surface area contributed by atoms with Crippen molar-refractivity contribution >= 4 is 5.91 Å². The molecule has 1 fully saturated rings. The van der Waals surface area contributed by atoms with Crippen LogP contribution in [0.15, 0.2) is 0 Å². The van der Waals surface area contributed by atoms with Gasteiger partial charge in [0.05, 0.1) is 0 Å². The van der Waals surface area contributed by atoms with Crippen molar-refractivity contribution in [1.82, 2.24) is 10.6 Å². The Hall–Kier alpha value is -0.570. The minimum absolute atomic E-state index is 0.186. The highest BCUT2D eigenvalue weighted by atomic mass is 16.1. The van der Waals surface area contributed by atoms with E-state index in [-0.39, 0.29) is 5.91 Å². The zero-order chi connectivity index (χ0) is 11.8. The van der Waals surface area contributed by atoms with E-state index in [2.05, 4.69) is 17.6 Å². The van der Waals surface area contributed by atoms with Gasteiger partial charge in [0.2, 0.25) is 5.91 Å². The molecule has 0 aromatic rings. The fourth-order valence-corrected chi connectivity index (χ4v) is 2.49. The first-order chi connectivity index (χ1) is 7.74. The molecule has 1 atom stereocenters. The fraction of sp³-hybridized carbons (Fsp3) is 0.923. The lowest BCUT2D eigenvalue weighted by molar-refractivity contribution is -0.121. The van der Waals surface area contributed by atoms with Gasteiger partial charge in [-0.3, -0.25) is 4.79 Å². The first-order valence-corrected chi connectivity index (χ1v) is 6.68. The molecule has 0 saturated heterocycles. The van der Waals surface area contributed by atoms with Gasteiger partial charge >= 0.3 is 0 Å². The summed E-state index contributed by atoms with van der Waals surface area (Å²) in [4.78, 5) is 11.6. The predicted octanol–water partition coefficient (Wildman–Crippen LogP) is 2.07. The molecule has 1 saturated carbocycles. The highest BCUT2D eigenvalue weighted by molar-refractivity contribution is 5.76. The molecule has 0 heterocycles. The average Bonchev–Trinajstić information content (AvgIpc) is 2.54. The highest BCUT2D eigenvalue weighted by Gasteiger charge is 2.20. The molecule has 1 aliphatic rings. The minimum Gasteiger partial charge on any atom is -0.353 e. The van der Waals surface area contributed by atoms with E-state index in [1.807, 2.05) is 7.05 Å². The normalized spacial score (nSPS) is 20.1. The van der Waals surface area contributed by atoms with E-state index in [1.54, 1.807) is 0 Å². The van der Waals surface area contributed by atoms with Gasteiger partial charge in [-0.2, -0.15) is 0 Å². The van der Waals surface area contributed by atoms with Crippen molar-refractivity contribution < 1.29 is 4.79 Å². The summed E-state index contributed by atoms with van der Waals surface area (Å²) in [5, 5.41) is 6.13. The number of nitrogens with one attached hydrogen (secondary N) is 2. The summed E-state index contributed by atoms with van der Waals surface area (Å²) in [6.07, 6.45) is 8.57. The molecule has 0 aromatic carbocycles. The van der Waals surface area contributed by atoms with E-state index >= 15 is 0 Å². The first kappa shape index (κ1) is 13.5. The molecule has 16 heavy (non-hydrogen) atoms. The molecule has 0 unspecified atom stereocenters. The minimum atomic E-state index is 0.186. The molecule has 1 aliphatic carbocycles. The molecule has 0 bridgehead atoms. The maximum Gasteiger partial charge on any atom is 0.221 e. The van der Waals surface area contributed by atoms with Crippen LogP contribution in [-0.2, 0) is 4.79 Å². The Morgan fingerprint density at radius 3 is 2.44 bits per heavy atom. The van der Waals surface area contributed by atoms with Gasteiger partial charge in [-0.15, -0.1) is 0 Å². The molecule has 0 spiro atoms. The molecule has 3 nitrogen and oxygen atoms in total. The lowest BCUT2D eigenvalue weighted by Gasteiger charge is -2.23. The highest BCUT2D eigenvalue weighted by Crippen LogP contribution is 2.25. The van der Waals surface area contributed by atoms with Crippen molar-refractivity contribution in [3.63, 3.8) is 0 Å². The van der Waals surface area contributed by atoms with Crippen LogP contribution < -0.4 is 10.6 Å². The third-order valence-corrected chi connectivity index (χ3v) is 3.60. The van der Waals surface area contributed by atoms with Crippen LogP contribution in [-0.4, -0.2) is 25.5 Å². The van der Waals surface area contributed by atoms with Crippen molar-refractivity contribution in [2.24, 2.45) is 5.92 Å². The zero-order valence-electron chi connectivity index (χ0n) is 10.7. The molecule has 0 aromatic heterocycles. The van der Waals surface area contributed by atoms with E-state index in [0.29, 0.717) is 18.4 Å². The van der Waals surface area contributed by atoms with E-state index in [4.69, 9.17) is 0 Å². The first-order valence-electron chi connectivity index (χ1n) is 6.68. The molecule has 1 amide bonds. The predicted molar refractivity (Wildman–Crippen MR) is 67.3 cm³/mol. The molecule has 2 N–H and O–H groups in total. The maximum atomic E-state index is 11.6. The Bertz CT molecular complexity index is 198. The average molecular weight is 226 g/mol. The van der Waals surface area contributed by atoms with Crippen molar-refractivity contribution in [3.05, 3.63) is 0 Å². The van der Waals surface area contributed by atoms with Gasteiger partial charge in [0.25, 0.3) is 0 Å². The Balaban J connectivity index is 2.26. The topological polar surface area (TPSA) is 41.1 Å². The number of hydrogen-bond acceptors (Lipinski definition) is 2. The van der Waals surface area contributed by atoms with Crippen molar-refractivity contribution in [2.75, 3.05) is 13.6 Å². The third kappa shape index (κ3) is 4.97. The molecule has 94 valence electrons. The zero-order valence-corrected chi connectivity index (χ0v) is 10.7. The fourth-order valence-electron chi connectivity index (χ4n) is 2.49. The van der Waals surface area contributed by atoms with Crippen LogP contribution in [0.5, 0.6) is 0 Å². The summed E-state index contributed by atoms with van der Waals surface area (Å²) in [6.45, 7) is 2.93. The summed E-state index contributed by atoms with van der Waals surface area (Å²) in [7, 11) is 1.88. The van der Waals surface area contributed by atoms with Crippen LogP contribution in [0.3, 0.4) is 0 Å². The molecule has 3 heteroatoms. The van der Waals surface area contributed by atoms with Crippen molar-refractivity contribution in [3.8, 4) is 0 Å². The quantitative estimate of drug-likeness (QED) is 0.705. The van der Waals surface area contributed by atoms with Gasteiger partial charge in [-0.05, 0) is 32.7 Å². The van der Waals surface area contributed by atoms with Gasteiger partial charge in [-0.25, -0.2) is 0 Å². The Morgan fingerprint density at radius 2 is 1.88 bits per heavy atom. The van der Waals surface area contributed by atoms with Crippen LogP contribution in [0.4, 0.5) is 0 Å².